The Labute approximate surface area is 144 Å². The van der Waals surface area contributed by atoms with E-state index in [1.54, 1.807) is 12.1 Å². The van der Waals surface area contributed by atoms with Gasteiger partial charge in [0.05, 0.1) is 4.90 Å². The Morgan fingerprint density at radius 1 is 0.958 bits per heavy atom. The highest BCUT2D eigenvalue weighted by molar-refractivity contribution is 7.89. The highest BCUT2D eigenvalue weighted by Crippen LogP contribution is 2.33. The summed E-state index contributed by atoms with van der Waals surface area (Å²) < 4.78 is 27.1. The van der Waals surface area contributed by atoms with Gasteiger partial charge in [-0.2, -0.15) is 4.31 Å². The molecule has 0 bridgehead atoms. The van der Waals surface area contributed by atoms with Crippen LogP contribution in [0.2, 0.25) is 0 Å². The van der Waals surface area contributed by atoms with Crippen LogP contribution >= 0.6 is 0 Å². The fraction of sp³-hybridized carbons (Fsp3) is 0.611. The summed E-state index contributed by atoms with van der Waals surface area (Å²) in [4.78, 5) is 11.9. The first-order valence-corrected chi connectivity index (χ1v) is 10.4. The van der Waals surface area contributed by atoms with Gasteiger partial charge >= 0.3 is 0 Å². The fourth-order valence-electron chi connectivity index (χ4n) is 3.96. The monoisotopic (exact) mass is 350 g/mol. The standard InChI is InChI=1S/C18H26N2O3S/c19-18(21)17-8-4-5-13-20(17)24(22,23)16-11-9-15(10-12-16)14-6-2-1-3-7-14/h9-12,14,17H,1-8,13H2,(H2,19,21)/t17-/m1/s1. The molecule has 24 heavy (non-hydrogen) atoms. The Hall–Kier alpha value is -1.40. The van der Waals surface area contributed by atoms with Crippen LogP contribution in [0.15, 0.2) is 29.2 Å². The second-order valence-electron chi connectivity index (χ2n) is 6.93. The number of primary amides is 1. The molecule has 1 heterocycles. The van der Waals surface area contributed by atoms with Crippen molar-refractivity contribution in [1.29, 1.82) is 0 Å². The lowest BCUT2D eigenvalue weighted by Crippen LogP contribution is -2.50. The van der Waals surface area contributed by atoms with Crippen molar-refractivity contribution in [3.05, 3.63) is 29.8 Å². The van der Waals surface area contributed by atoms with E-state index in [1.807, 2.05) is 12.1 Å². The summed E-state index contributed by atoms with van der Waals surface area (Å²) in [6, 6.07) is 6.53. The average Bonchev–Trinajstić information content (AvgIpc) is 2.62. The molecule has 1 aliphatic heterocycles. The molecule has 2 fully saturated rings. The molecule has 1 saturated heterocycles. The highest BCUT2D eigenvalue weighted by atomic mass is 32.2. The Morgan fingerprint density at radius 2 is 1.58 bits per heavy atom. The molecule has 1 aromatic rings. The van der Waals surface area contributed by atoms with Gasteiger partial charge in [-0.1, -0.05) is 37.8 Å². The van der Waals surface area contributed by atoms with Crippen molar-refractivity contribution in [2.45, 2.75) is 68.2 Å². The minimum Gasteiger partial charge on any atom is -0.368 e. The minimum atomic E-state index is -3.67. The van der Waals surface area contributed by atoms with E-state index in [1.165, 1.54) is 42.0 Å². The lowest BCUT2D eigenvalue weighted by molar-refractivity contribution is -0.122. The number of hydrogen-bond donors (Lipinski definition) is 1. The quantitative estimate of drug-likeness (QED) is 0.906. The topological polar surface area (TPSA) is 80.5 Å². The zero-order valence-electron chi connectivity index (χ0n) is 14.0. The third-order valence-electron chi connectivity index (χ3n) is 5.35. The van der Waals surface area contributed by atoms with Gasteiger partial charge in [-0.05, 0) is 49.3 Å². The van der Waals surface area contributed by atoms with E-state index in [9.17, 15) is 13.2 Å². The van der Waals surface area contributed by atoms with E-state index in [0.717, 1.165) is 12.8 Å². The van der Waals surface area contributed by atoms with Crippen molar-refractivity contribution in [3.8, 4) is 0 Å². The molecule has 0 unspecified atom stereocenters. The molecule has 1 aromatic carbocycles. The van der Waals surface area contributed by atoms with Gasteiger partial charge in [0.25, 0.3) is 0 Å². The van der Waals surface area contributed by atoms with Crippen LogP contribution in [0.4, 0.5) is 0 Å². The average molecular weight is 350 g/mol. The van der Waals surface area contributed by atoms with Crippen LogP contribution in [0.3, 0.4) is 0 Å². The van der Waals surface area contributed by atoms with Crippen LogP contribution in [0.25, 0.3) is 0 Å². The SMILES string of the molecule is NC(=O)[C@H]1CCCCN1S(=O)(=O)c1ccc(C2CCCCC2)cc1. The third kappa shape index (κ3) is 3.49. The van der Waals surface area contributed by atoms with E-state index in [-0.39, 0.29) is 4.90 Å². The number of carbonyl (C=O) groups is 1. The zero-order chi connectivity index (χ0) is 17.2. The summed E-state index contributed by atoms with van der Waals surface area (Å²) in [5, 5.41) is 0. The van der Waals surface area contributed by atoms with Crippen LogP contribution in [0.5, 0.6) is 0 Å². The molecule has 5 nitrogen and oxygen atoms in total. The molecule has 2 N–H and O–H groups in total. The summed E-state index contributed by atoms with van der Waals surface area (Å²) in [6.07, 6.45) is 8.27. The number of benzene rings is 1. The molecular weight excluding hydrogens is 324 g/mol. The number of nitrogens with zero attached hydrogens (tertiary/aromatic N) is 1. The molecule has 0 radical (unpaired) electrons. The predicted octanol–water partition coefficient (Wildman–Crippen LogP) is 2.76. The van der Waals surface area contributed by atoms with Crippen molar-refractivity contribution in [3.63, 3.8) is 0 Å². The fourth-order valence-corrected chi connectivity index (χ4v) is 5.62. The predicted molar refractivity (Wildman–Crippen MR) is 93.0 cm³/mol. The Bertz CT molecular complexity index is 679. The molecule has 2 aliphatic rings. The van der Waals surface area contributed by atoms with E-state index in [4.69, 9.17) is 5.73 Å². The van der Waals surface area contributed by atoms with E-state index < -0.39 is 22.0 Å². The first-order valence-electron chi connectivity index (χ1n) is 8.91. The molecule has 0 spiro atoms. The van der Waals surface area contributed by atoms with Crippen LogP contribution < -0.4 is 5.73 Å². The van der Waals surface area contributed by atoms with Crippen molar-refractivity contribution in [2.75, 3.05) is 6.54 Å². The van der Waals surface area contributed by atoms with Gasteiger partial charge in [0.15, 0.2) is 0 Å². The first kappa shape index (κ1) is 17.4. The summed E-state index contributed by atoms with van der Waals surface area (Å²) >= 11 is 0. The van der Waals surface area contributed by atoms with Gasteiger partial charge in [0, 0.05) is 6.54 Å². The maximum Gasteiger partial charge on any atom is 0.243 e. The smallest absolute Gasteiger partial charge is 0.243 e. The Kier molecular flexibility index (Phi) is 5.25. The third-order valence-corrected chi connectivity index (χ3v) is 7.27. The minimum absolute atomic E-state index is 0.259. The molecule has 0 aromatic heterocycles. The number of nitrogens with two attached hydrogens (primary N) is 1. The molecular formula is C18H26N2O3S. The van der Waals surface area contributed by atoms with Crippen molar-refractivity contribution in [2.24, 2.45) is 5.73 Å². The number of carbonyl (C=O) groups excluding carboxylic acids is 1. The van der Waals surface area contributed by atoms with Crippen LogP contribution in [0.1, 0.15) is 62.8 Å². The van der Waals surface area contributed by atoms with Gasteiger partial charge in [-0.15, -0.1) is 0 Å². The summed E-state index contributed by atoms with van der Waals surface area (Å²) in [5.41, 5.74) is 6.63. The molecule has 6 heteroatoms. The number of sulfonamides is 1. The lowest BCUT2D eigenvalue weighted by Gasteiger charge is -2.32. The zero-order valence-corrected chi connectivity index (χ0v) is 14.8. The number of rotatable bonds is 4. The molecule has 1 atom stereocenters. The maximum absolute atomic E-state index is 12.9. The largest absolute Gasteiger partial charge is 0.368 e. The molecule has 132 valence electrons. The van der Waals surface area contributed by atoms with Crippen molar-refractivity contribution in [1.82, 2.24) is 4.31 Å². The van der Waals surface area contributed by atoms with Crippen LogP contribution in [-0.4, -0.2) is 31.2 Å². The Morgan fingerprint density at radius 3 is 2.21 bits per heavy atom. The van der Waals surface area contributed by atoms with Crippen molar-refractivity contribution >= 4 is 15.9 Å². The van der Waals surface area contributed by atoms with E-state index in [0.29, 0.717) is 18.9 Å². The summed E-state index contributed by atoms with van der Waals surface area (Å²) in [7, 11) is -3.67. The number of piperidine rings is 1. The summed E-state index contributed by atoms with van der Waals surface area (Å²) in [6.45, 7) is 0.361. The molecule has 1 saturated carbocycles. The molecule has 1 amide bonds. The Balaban J connectivity index is 1.82. The van der Waals surface area contributed by atoms with Crippen LogP contribution in [0, 0.1) is 0 Å². The number of amides is 1. The van der Waals surface area contributed by atoms with E-state index >= 15 is 0 Å². The summed E-state index contributed by atoms with van der Waals surface area (Å²) in [5.74, 6) is -0.0130. The second-order valence-corrected chi connectivity index (χ2v) is 8.82. The van der Waals surface area contributed by atoms with Gasteiger partial charge in [-0.3, -0.25) is 4.79 Å². The highest BCUT2D eigenvalue weighted by Gasteiger charge is 2.36. The van der Waals surface area contributed by atoms with Gasteiger partial charge < -0.3 is 5.73 Å². The lowest BCUT2D eigenvalue weighted by atomic mass is 9.84. The van der Waals surface area contributed by atoms with Gasteiger partial charge in [0.2, 0.25) is 15.9 Å². The maximum atomic E-state index is 12.9. The van der Waals surface area contributed by atoms with Crippen LogP contribution in [-0.2, 0) is 14.8 Å². The second kappa shape index (κ2) is 7.23. The molecule has 1 aliphatic carbocycles. The normalized spacial score (nSPS) is 23.9. The van der Waals surface area contributed by atoms with E-state index in [2.05, 4.69) is 0 Å². The first-order chi connectivity index (χ1) is 11.5. The number of hydrogen-bond acceptors (Lipinski definition) is 3. The van der Waals surface area contributed by atoms with Gasteiger partial charge in [0.1, 0.15) is 6.04 Å². The van der Waals surface area contributed by atoms with Crippen molar-refractivity contribution < 1.29 is 13.2 Å². The van der Waals surface area contributed by atoms with Gasteiger partial charge in [-0.25, -0.2) is 8.42 Å². The molecule has 3 rings (SSSR count).